The number of halogens is 2. The third-order valence-electron chi connectivity index (χ3n) is 4.48. The number of fused-ring (bicyclic) bond motifs is 1. The van der Waals surface area contributed by atoms with Gasteiger partial charge in [0.25, 0.3) is 0 Å². The van der Waals surface area contributed by atoms with Crippen molar-refractivity contribution in [2.24, 2.45) is 0 Å². The monoisotopic (exact) mass is 382 g/mol. The molecule has 1 atom stereocenters. The van der Waals surface area contributed by atoms with Crippen LogP contribution in [0.4, 0.5) is 0 Å². The van der Waals surface area contributed by atoms with Gasteiger partial charge in [0, 0.05) is 0 Å². The van der Waals surface area contributed by atoms with Gasteiger partial charge >= 0.3 is 133 Å². The van der Waals surface area contributed by atoms with Gasteiger partial charge in [-0.15, -0.1) is 0 Å². The summed E-state index contributed by atoms with van der Waals surface area (Å²) >= 11 is -3.44. The van der Waals surface area contributed by atoms with Crippen molar-refractivity contribution in [3.8, 4) is 0 Å². The van der Waals surface area contributed by atoms with Gasteiger partial charge in [-0.25, -0.2) is 0 Å². The Bertz CT molecular complexity index is 643. The number of hydrogen-bond donors (Lipinski definition) is 0. The molecule has 1 aromatic carbocycles. The topological polar surface area (TPSA) is 0 Å². The molecule has 20 heavy (non-hydrogen) atoms. The molecule has 0 nitrogen and oxygen atoms in total. The number of hydrogen-bond acceptors (Lipinski definition) is 0. The van der Waals surface area contributed by atoms with Crippen molar-refractivity contribution in [2.75, 3.05) is 0 Å². The summed E-state index contributed by atoms with van der Waals surface area (Å²) in [5.74, 6) is 0. The van der Waals surface area contributed by atoms with Gasteiger partial charge in [-0.3, -0.25) is 0 Å². The zero-order valence-corrected chi connectivity index (χ0v) is 15.9. The Kier molecular flexibility index (Phi) is 3.69. The van der Waals surface area contributed by atoms with Gasteiger partial charge in [0.1, 0.15) is 0 Å². The first-order chi connectivity index (χ1) is 9.36. The summed E-state index contributed by atoms with van der Waals surface area (Å²) in [7, 11) is 14.1. The SMILES string of the molecule is Cc1cc(C)c2c(c1)C=C[C]2(C)[Zr]([Cl])([Cl])[CH]1C=CC=C1. The minimum atomic E-state index is -3.44. The van der Waals surface area contributed by atoms with E-state index in [1.54, 1.807) is 0 Å². The normalized spacial score (nSPS) is 24.6. The second-order valence-corrected chi connectivity index (χ2v) is 21.5. The van der Waals surface area contributed by atoms with E-state index in [1.807, 2.05) is 0 Å². The predicted molar refractivity (Wildman–Crippen MR) is 86.0 cm³/mol. The molecule has 0 fully saturated rings. The predicted octanol–water partition coefficient (Wildman–Crippen LogP) is 5.92. The zero-order valence-electron chi connectivity index (χ0n) is 12.0. The number of rotatable bonds is 2. The van der Waals surface area contributed by atoms with Crippen molar-refractivity contribution in [1.82, 2.24) is 0 Å². The molecule has 0 heterocycles. The summed E-state index contributed by atoms with van der Waals surface area (Å²) in [6.07, 6.45) is 12.9. The summed E-state index contributed by atoms with van der Waals surface area (Å²) in [6, 6.07) is 4.47. The van der Waals surface area contributed by atoms with Crippen LogP contribution in [0.1, 0.15) is 29.2 Å². The molecule has 0 N–H and O–H groups in total. The van der Waals surface area contributed by atoms with Crippen molar-refractivity contribution in [3.05, 3.63) is 64.8 Å². The second-order valence-electron chi connectivity index (χ2n) is 6.00. The van der Waals surface area contributed by atoms with Crippen LogP contribution in [0, 0.1) is 13.8 Å². The van der Waals surface area contributed by atoms with Crippen molar-refractivity contribution in [3.63, 3.8) is 0 Å². The Morgan fingerprint density at radius 2 is 1.75 bits per heavy atom. The van der Waals surface area contributed by atoms with Crippen LogP contribution in [0.5, 0.6) is 0 Å². The van der Waals surface area contributed by atoms with Gasteiger partial charge in [-0.2, -0.15) is 0 Å². The van der Waals surface area contributed by atoms with Crippen LogP contribution in [0.15, 0.2) is 42.5 Å². The Morgan fingerprint density at radius 1 is 1.10 bits per heavy atom. The van der Waals surface area contributed by atoms with E-state index in [0.29, 0.717) is 0 Å². The Balaban J connectivity index is 2.15. The molecule has 2 aliphatic carbocycles. The van der Waals surface area contributed by atoms with Crippen molar-refractivity contribution < 1.29 is 17.9 Å². The fourth-order valence-electron chi connectivity index (χ4n) is 3.48. The van der Waals surface area contributed by atoms with Gasteiger partial charge < -0.3 is 0 Å². The maximum absolute atomic E-state index is 7.05. The molecule has 0 bridgehead atoms. The molecule has 0 radical (unpaired) electrons. The molecule has 0 aromatic heterocycles. The number of aryl methyl sites for hydroxylation is 2. The first-order valence-corrected chi connectivity index (χ1v) is 15.9. The molecule has 1 unspecified atom stereocenters. The summed E-state index contributed by atoms with van der Waals surface area (Å²) in [5.41, 5.74) is 5.23. The van der Waals surface area contributed by atoms with E-state index in [1.165, 1.54) is 22.3 Å². The van der Waals surface area contributed by atoms with Crippen LogP contribution in [0.25, 0.3) is 6.08 Å². The quantitative estimate of drug-likeness (QED) is 0.594. The average Bonchev–Trinajstić information content (AvgIpc) is 2.98. The van der Waals surface area contributed by atoms with Crippen LogP contribution in [-0.2, 0) is 21.0 Å². The van der Waals surface area contributed by atoms with E-state index in [4.69, 9.17) is 17.0 Å². The Morgan fingerprint density at radius 3 is 2.40 bits per heavy atom. The van der Waals surface area contributed by atoms with Gasteiger partial charge in [-0.1, -0.05) is 0 Å². The van der Waals surface area contributed by atoms with Crippen LogP contribution in [0.3, 0.4) is 0 Å². The molecular formula is C17H18Cl2Zr. The standard InChI is InChI=1S/C12H13.C5H5.2ClH.Zr/c1-8-6-10(3)12-9(2)4-5-11(12)7-8;1-2-4-5-3-1;;;/h4-7H,1-3H3;1-5H;2*1H;/q;;;;+2/p-2. The van der Waals surface area contributed by atoms with Crippen molar-refractivity contribution >= 4 is 23.1 Å². The fourth-order valence-corrected chi connectivity index (χ4v) is 12.9. The van der Waals surface area contributed by atoms with Crippen molar-refractivity contribution in [1.29, 1.82) is 0 Å². The molecule has 0 spiro atoms. The van der Waals surface area contributed by atoms with Crippen molar-refractivity contribution in [2.45, 2.75) is 27.5 Å². The van der Waals surface area contributed by atoms with E-state index in [9.17, 15) is 0 Å². The van der Waals surface area contributed by atoms with Gasteiger partial charge in [0.15, 0.2) is 0 Å². The molecule has 0 saturated heterocycles. The summed E-state index contributed by atoms with van der Waals surface area (Å²) in [6.45, 7) is 6.54. The van der Waals surface area contributed by atoms with Crippen LogP contribution >= 0.6 is 17.0 Å². The van der Waals surface area contributed by atoms with Gasteiger partial charge in [0.2, 0.25) is 0 Å². The van der Waals surface area contributed by atoms with E-state index in [-0.39, 0.29) is 6.75 Å². The molecule has 2 aliphatic rings. The van der Waals surface area contributed by atoms with E-state index in [0.717, 1.165) is 0 Å². The zero-order chi connectivity index (χ0) is 14.5. The number of benzene rings is 1. The van der Waals surface area contributed by atoms with E-state index >= 15 is 0 Å². The molecule has 0 amide bonds. The third kappa shape index (κ3) is 2.05. The molecule has 0 saturated carbocycles. The maximum atomic E-state index is 7.05. The number of allylic oxidation sites excluding steroid dienone is 5. The molecular weight excluding hydrogens is 366 g/mol. The summed E-state index contributed by atoms with van der Waals surface area (Å²) in [5, 5.41) is 0. The van der Waals surface area contributed by atoms with E-state index < -0.39 is 17.9 Å². The molecule has 3 rings (SSSR count). The molecule has 3 heteroatoms. The first-order valence-electron chi connectivity index (χ1n) is 6.90. The second kappa shape index (κ2) is 4.97. The van der Waals surface area contributed by atoms with Gasteiger partial charge in [0.05, 0.1) is 0 Å². The minimum absolute atomic E-state index is 0.172. The van der Waals surface area contributed by atoms with Crippen LogP contribution in [-0.4, -0.2) is 0 Å². The molecule has 1 aromatic rings. The van der Waals surface area contributed by atoms with Crippen LogP contribution in [0.2, 0.25) is 3.63 Å². The third-order valence-corrected chi connectivity index (χ3v) is 19.5. The van der Waals surface area contributed by atoms with Crippen LogP contribution < -0.4 is 0 Å². The van der Waals surface area contributed by atoms with E-state index in [2.05, 4.69) is 69.4 Å². The average molecular weight is 384 g/mol. The molecule has 0 aliphatic heterocycles. The first kappa shape index (κ1) is 14.8. The Labute approximate surface area is 132 Å². The Hall–Kier alpha value is -0.0969. The molecule has 104 valence electrons. The fraction of sp³-hybridized carbons (Fsp3) is 0.294. The summed E-state index contributed by atoms with van der Waals surface area (Å²) in [4.78, 5) is 0. The summed E-state index contributed by atoms with van der Waals surface area (Å²) < 4.78 is 0.0724. The van der Waals surface area contributed by atoms with Gasteiger partial charge in [-0.05, 0) is 0 Å².